The monoisotopic (exact) mass is 146 g/mol. The van der Waals surface area contributed by atoms with E-state index in [4.69, 9.17) is 0 Å². The van der Waals surface area contributed by atoms with E-state index in [-0.39, 0.29) is 13.3 Å². The molecule has 0 aromatic heterocycles. The van der Waals surface area contributed by atoms with Gasteiger partial charge in [-0.15, -0.1) is 0 Å². The highest BCUT2D eigenvalue weighted by Crippen LogP contribution is 1.79. The Hall–Kier alpha value is -0.570. The smallest absolute Gasteiger partial charge is 0.236 e. The van der Waals surface area contributed by atoms with Gasteiger partial charge in [-0.3, -0.25) is 4.79 Å². The summed E-state index contributed by atoms with van der Waals surface area (Å²) in [5.74, 6) is 0.139. The highest BCUT2D eigenvalue weighted by Gasteiger charge is 2.02. The minimum absolute atomic E-state index is 0. The first kappa shape index (κ1) is 12.1. The van der Waals surface area contributed by atoms with Crippen molar-refractivity contribution in [3.05, 3.63) is 0 Å². The second-order valence-corrected chi connectivity index (χ2v) is 1.94. The fourth-order valence-corrected chi connectivity index (χ4v) is 0.463. The maximum absolute atomic E-state index is 10.8. The largest absolute Gasteiger partial charge is 0.345 e. The van der Waals surface area contributed by atoms with Gasteiger partial charge in [-0.2, -0.15) is 0 Å². The summed E-state index contributed by atoms with van der Waals surface area (Å²) in [5.41, 5.74) is 0. The van der Waals surface area contributed by atoms with Crippen LogP contribution in [0.1, 0.15) is 14.4 Å². The molecule has 62 valence electrons. The molecule has 0 atom stereocenters. The van der Waals surface area contributed by atoms with Crippen LogP contribution in [0.15, 0.2) is 0 Å². The summed E-state index contributed by atoms with van der Waals surface area (Å²) in [6, 6.07) is 0. The van der Waals surface area contributed by atoms with E-state index in [0.29, 0.717) is 6.54 Å². The Bertz CT molecular complexity index is 93.6. The topological polar surface area (TPSA) is 32.3 Å². The summed E-state index contributed by atoms with van der Waals surface area (Å²) >= 11 is 0. The molecule has 0 aliphatic carbocycles. The molecule has 1 amide bonds. The van der Waals surface area contributed by atoms with Gasteiger partial charge in [0.05, 0.1) is 6.54 Å². The molecule has 0 spiro atoms. The summed E-state index contributed by atoms with van der Waals surface area (Å²) in [7, 11) is 3.56. The third kappa shape index (κ3) is 4.32. The third-order valence-corrected chi connectivity index (χ3v) is 1.23. The first-order valence-corrected chi connectivity index (χ1v) is 3.11. The van der Waals surface area contributed by atoms with Gasteiger partial charge in [-0.05, 0) is 14.0 Å². The Morgan fingerprint density at radius 1 is 1.60 bits per heavy atom. The zero-order valence-corrected chi connectivity index (χ0v) is 6.27. The molecular weight excluding hydrogens is 128 g/mol. The zero-order chi connectivity index (χ0) is 7.28. The van der Waals surface area contributed by atoms with Gasteiger partial charge in [0.25, 0.3) is 0 Å². The van der Waals surface area contributed by atoms with Crippen molar-refractivity contribution < 1.29 is 4.79 Å². The number of carbonyl (C=O) groups excluding carboxylic acids is 1. The molecule has 0 unspecified atom stereocenters. The van der Waals surface area contributed by atoms with Crippen molar-refractivity contribution in [3.63, 3.8) is 0 Å². The highest BCUT2D eigenvalue weighted by molar-refractivity contribution is 5.77. The van der Waals surface area contributed by atoms with Crippen molar-refractivity contribution in [2.75, 3.05) is 27.2 Å². The van der Waals surface area contributed by atoms with Crippen LogP contribution in [0.4, 0.5) is 0 Å². The predicted molar refractivity (Wildman–Crippen MR) is 44.0 cm³/mol. The van der Waals surface area contributed by atoms with Gasteiger partial charge in [0.15, 0.2) is 0 Å². The lowest BCUT2D eigenvalue weighted by Crippen LogP contribution is -2.33. The van der Waals surface area contributed by atoms with Crippen molar-refractivity contribution in [2.24, 2.45) is 0 Å². The molecule has 0 radical (unpaired) electrons. The van der Waals surface area contributed by atoms with Crippen molar-refractivity contribution in [3.8, 4) is 0 Å². The molecule has 0 saturated carbocycles. The first-order chi connectivity index (χ1) is 4.22. The van der Waals surface area contributed by atoms with Crippen LogP contribution in [0.2, 0.25) is 0 Å². The van der Waals surface area contributed by atoms with Crippen molar-refractivity contribution in [1.29, 1.82) is 0 Å². The van der Waals surface area contributed by atoms with E-state index < -0.39 is 0 Å². The lowest BCUT2D eigenvalue weighted by Gasteiger charge is -2.13. The Kier molecular flexibility index (Phi) is 7.95. The number of hydrogen-bond acceptors (Lipinski definition) is 2. The highest BCUT2D eigenvalue weighted by atomic mass is 16.2. The molecular formula is C7H18N2O. The minimum Gasteiger partial charge on any atom is -0.345 e. The number of nitrogens with one attached hydrogen (secondary N) is 1. The van der Waals surface area contributed by atoms with Crippen LogP contribution in [0.5, 0.6) is 0 Å². The van der Waals surface area contributed by atoms with Gasteiger partial charge in [0.2, 0.25) is 5.91 Å². The van der Waals surface area contributed by atoms with Crippen LogP contribution >= 0.6 is 0 Å². The molecule has 0 aromatic rings. The SMILES string of the molecule is C.CCN(C)C(=O)CNC. The van der Waals surface area contributed by atoms with Crippen molar-refractivity contribution in [2.45, 2.75) is 14.4 Å². The summed E-state index contributed by atoms with van der Waals surface area (Å²) in [6.07, 6.45) is 0. The molecule has 0 fully saturated rings. The van der Waals surface area contributed by atoms with E-state index in [2.05, 4.69) is 5.32 Å². The number of hydrogen-bond donors (Lipinski definition) is 1. The first-order valence-electron chi connectivity index (χ1n) is 3.11. The molecule has 0 saturated heterocycles. The summed E-state index contributed by atoms with van der Waals surface area (Å²) in [6.45, 7) is 3.17. The zero-order valence-electron chi connectivity index (χ0n) is 6.27. The molecule has 0 aliphatic heterocycles. The van der Waals surface area contributed by atoms with Gasteiger partial charge in [-0.1, -0.05) is 7.43 Å². The molecule has 0 rings (SSSR count). The fourth-order valence-electron chi connectivity index (χ4n) is 0.463. The van der Waals surface area contributed by atoms with Gasteiger partial charge in [0.1, 0.15) is 0 Å². The number of amides is 1. The van der Waals surface area contributed by atoms with Gasteiger partial charge >= 0.3 is 0 Å². The van der Waals surface area contributed by atoms with Crippen LogP contribution < -0.4 is 5.32 Å². The number of nitrogens with zero attached hydrogens (tertiary/aromatic N) is 1. The van der Waals surface area contributed by atoms with Gasteiger partial charge in [0, 0.05) is 13.6 Å². The average molecular weight is 146 g/mol. The Morgan fingerprint density at radius 3 is 2.40 bits per heavy atom. The number of likely N-dealkylation sites (N-methyl/N-ethyl adjacent to an activating group) is 2. The van der Waals surface area contributed by atoms with Crippen LogP contribution in [0.3, 0.4) is 0 Å². The maximum Gasteiger partial charge on any atom is 0.236 e. The predicted octanol–water partition coefficient (Wildman–Crippen LogP) is 0.320. The Morgan fingerprint density at radius 2 is 2.10 bits per heavy atom. The van der Waals surface area contributed by atoms with E-state index in [1.165, 1.54) is 0 Å². The summed E-state index contributed by atoms with van der Waals surface area (Å²) in [5, 5.41) is 2.79. The fraction of sp³-hybridized carbons (Fsp3) is 0.857. The second-order valence-electron chi connectivity index (χ2n) is 1.94. The molecule has 3 nitrogen and oxygen atoms in total. The van der Waals surface area contributed by atoms with E-state index in [1.807, 2.05) is 6.92 Å². The van der Waals surface area contributed by atoms with Crippen molar-refractivity contribution in [1.82, 2.24) is 10.2 Å². The van der Waals surface area contributed by atoms with E-state index in [1.54, 1.807) is 19.0 Å². The average Bonchev–Trinajstić information content (AvgIpc) is 1.87. The number of rotatable bonds is 3. The maximum atomic E-state index is 10.8. The van der Waals surface area contributed by atoms with Gasteiger partial charge < -0.3 is 10.2 Å². The lowest BCUT2D eigenvalue weighted by molar-refractivity contribution is -0.128. The molecule has 0 heterocycles. The summed E-state index contributed by atoms with van der Waals surface area (Å²) in [4.78, 5) is 12.5. The van der Waals surface area contributed by atoms with Crippen LogP contribution in [-0.2, 0) is 4.79 Å². The number of carbonyl (C=O) groups is 1. The standard InChI is InChI=1S/C6H14N2O.CH4/c1-4-8(3)6(9)5-7-2;/h7H,4-5H2,1-3H3;1H4. The normalized spacial score (nSPS) is 8.30. The Balaban J connectivity index is 0. The van der Waals surface area contributed by atoms with Crippen molar-refractivity contribution >= 4 is 5.91 Å². The third-order valence-electron chi connectivity index (χ3n) is 1.23. The van der Waals surface area contributed by atoms with E-state index in [9.17, 15) is 4.79 Å². The van der Waals surface area contributed by atoms with Crippen LogP contribution in [-0.4, -0.2) is 38.0 Å². The molecule has 0 aromatic carbocycles. The van der Waals surface area contributed by atoms with E-state index in [0.717, 1.165) is 6.54 Å². The summed E-state index contributed by atoms with van der Waals surface area (Å²) < 4.78 is 0. The van der Waals surface area contributed by atoms with E-state index >= 15 is 0 Å². The van der Waals surface area contributed by atoms with Crippen LogP contribution in [0.25, 0.3) is 0 Å². The molecule has 1 N–H and O–H groups in total. The molecule has 0 bridgehead atoms. The lowest BCUT2D eigenvalue weighted by atomic mass is 10.5. The molecule has 10 heavy (non-hydrogen) atoms. The second kappa shape index (κ2) is 6.55. The minimum atomic E-state index is 0. The van der Waals surface area contributed by atoms with Gasteiger partial charge in [-0.25, -0.2) is 0 Å². The molecule has 0 aliphatic rings. The van der Waals surface area contributed by atoms with Crippen LogP contribution in [0, 0.1) is 0 Å². The Labute approximate surface area is 63.4 Å². The quantitative estimate of drug-likeness (QED) is 0.622. The molecule has 3 heteroatoms.